The quantitative estimate of drug-likeness (QED) is 0.213. The van der Waals surface area contributed by atoms with Gasteiger partial charge in [-0.2, -0.15) is 0 Å². The molecule has 0 aliphatic heterocycles. The molecule has 0 atom stereocenters. The van der Waals surface area contributed by atoms with Crippen LogP contribution in [-0.4, -0.2) is 9.13 Å². The third-order valence-electron chi connectivity index (χ3n) is 8.70. The molecular weight excluding hydrogens is 508 g/mol. The van der Waals surface area contributed by atoms with Gasteiger partial charge in [-0.15, -0.1) is 0 Å². The zero-order valence-corrected chi connectivity index (χ0v) is 22.9. The van der Waals surface area contributed by atoms with Crippen LogP contribution in [0.2, 0.25) is 0 Å². The van der Waals surface area contributed by atoms with E-state index in [0.717, 1.165) is 0 Å². The molecule has 2 heteroatoms. The highest BCUT2D eigenvalue weighted by Gasteiger charge is 2.15. The van der Waals surface area contributed by atoms with E-state index in [0.29, 0.717) is 0 Å². The third-order valence-corrected chi connectivity index (χ3v) is 8.70. The van der Waals surface area contributed by atoms with Crippen molar-refractivity contribution in [1.29, 1.82) is 0 Å². The lowest BCUT2D eigenvalue weighted by atomic mass is 10.0. The number of aromatic nitrogens is 2. The molecule has 0 aliphatic carbocycles. The monoisotopic (exact) mass is 534 g/mol. The minimum absolute atomic E-state index is 1.17. The molecule has 2 heterocycles. The van der Waals surface area contributed by atoms with Gasteiger partial charge in [0.05, 0.1) is 22.1 Å². The largest absolute Gasteiger partial charge is 0.309 e. The van der Waals surface area contributed by atoms with Crippen molar-refractivity contribution in [3.63, 3.8) is 0 Å². The van der Waals surface area contributed by atoms with Crippen LogP contribution in [0.5, 0.6) is 0 Å². The van der Waals surface area contributed by atoms with Gasteiger partial charge in [-0.1, -0.05) is 103 Å². The Hall–Kier alpha value is -5.60. The summed E-state index contributed by atoms with van der Waals surface area (Å²) in [7, 11) is 0. The van der Waals surface area contributed by atoms with Gasteiger partial charge in [0.15, 0.2) is 0 Å². The third kappa shape index (κ3) is 3.39. The van der Waals surface area contributed by atoms with Gasteiger partial charge in [0.2, 0.25) is 0 Å². The Morgan fingerprint density at radius 3 is 1.43 bits per heavy atom. The van der Waals surface area contributed by atoms with Crippen molar-refractivity contribution >= 4 is 54.4 Å². The first kappa shape index (κ1) is 23.1. The first-order valence-corrected chi connectivity index (χ1v) is 14.4. The molecular formula is C40H26N2. The van der Waals surface area contributed by atoms with E-state index in [1.165, 1.54) is 76.9 Å². The molecule has 0 fully saturated rings. The first-order valence-electron chi connectivity index (χ1n) is 14.4. The lowest BCUT2D eigenvalue weighted by Crippen LogP contribution is -1.94. The van der Waals surface area contributed by atoms with E-state index in [9.17, 15) is 0 Å². The fraction of sp³-hybridized carbons (Fsp3) is 0. The van der Waals surface area contributed by atoms with E-state index in [-0.39, 0.29) is 0 Å². The summed E-state index contributed by atoms with van der Waals surface area (Å²) in [4.78, 5) is 0. The van der Waals surface area contributed by atoms with Crippen LogP contribution in [0, 0.1) is 0 Å². The van der Waals surface area contributed by atoms with Crippen molar-refractivity contribution in [1.82, 2.24) is 9.13 Å². The molecule has 42 heavy (non-hydrogen) atoms. The molecule has 2 nitrogen and oxygen atoms in total. The smallest absolute Gasteiger partial charge is 0.0541 e. The second-order valence-corrected chi connectivity index (χ2v) is 11.0. The van der Waals surface area contributed by atoms with Crippen LogP contribution in [0.15, 0.2) is 158 Å². The van der Waals surface area contributed by atoms with Gasteiger partial charge in [-0.05, 0) is 76.5 Å². The zero-order valence-electron chi connectivity index (χ0n) is 22.9. The Labute approximate surface area is 243 Å². The Morgan fingerprint density at radius 2 is 0.762 bits per heavy atom. The number of rotatable bonds is 3. The Bertz CT molecular complexity index is 2400. The Kier molecular flexibility index (Phi) is 4.93. The highest BCUT2D eigenvalue weighted by Crippen LogP contribution is 2.37. The lowest BCUT2D eigenvalue weighted by Gasteiger charge is -2.11. The molecule has 7 aromatic carbocycles. The minimum Gasteiger partial charge on any atom is -0.309 e. The average molecular weight is 535 g/mol. The average Bonchev–Trinajstić information content (AvgIpc) is 3.57. The normalized spacial score (nSPS) is 11.8. The van der Waals surface area contributed by atoms with E-state index >= 15 is 0 Å². The van der Waals surface area contributed by atoms with Crippen molar-refractivity contribution < 1.29 is 0 Å². The maximum Gasteiger partial charge on any atom is 0.0541 e. The molecule has 0 N–H and O–H groups in total. The summed E-state index contributed by atoms with van der Waals surface area (Å²) in [5.41, 5.74) is 9.69. The molecule has 0 amide bonds. The molecule has 0 saturated heterocycles. The van der Waals surface area contributed by atoms with Crippen LogP contribution >= 0.6 is 0 Å². The summed E-state index contributed by atoms with van der Waals surface area (Å²) < 4.78 is 4.76. The Morgan fingerprint density at radius 1 is 0.286 bits per heavy atom. The molecule has 9 aromatic rings. The summed E-state index contributed by atoms with van der Waals surface area (Å²) in [5.74, 6) is 0. The molecule has 2 aromatic heterocycles. The number of hydrogen-bond donors (Lipinski definition) is 0. The van der Waals surface area contributed by atoms with Gasteiger partial charge in [0.25, 0.3) is 0 Å². The fourth-order valence-electron chi connectivity index (χ4n) is 6.75. The second-order valence-electron chi connectivity index (χ2n) is 11.0. The molecule has 0 unspecified atom stereocenters. The van der Waals surface area contributed by atoms with Gasteiger partial charge < -0.3 is 9.13 Å². The van der Waals surface area contributed by atoms with Crippen LogP contribution in [0.3, 0.4) is 0 Å². The molecule has 9 rings (SSSR count). The SMILES string of the molecule is c1ccc2cc(-n3c4ccccc4c4cc(-c5ccc(-n6c7ccccc7c7ccccc76)cc5)ccc43)ccc2c1. The molecule has 196 valence electrons. The number of nitrogens with zero attached hydrogens (tertiary/aromatic N) is 2. The van der Waals surface area contributed by atoms with Gasteiger partial charge in [-0.3, -0.25) is 0 Å². The van der Waals surface area contributed by atoms with E-state index in [1.54, 1.807) is 0 Å². The molecule has 0 radical (unpaired) electrons. The second kappa shape index (κ2) is 8.95. The number of hydrogen-bond acceptors (Lipinski definition) is 0. The number of para-hydroxylation sites is 3. The first-order chi connectivity index (χ1) is 20.8. The van der Waals surface area contributed by atoms with Crippen molar-refractivity contribution in [2.75, 3.05) is 0 Å². The maximum atomic E-state index is 2.40. The zero-order chi connectivity index (χ0) is 27.6. The van der Waals surface area contributed by atoms with Crippen LogP contribution in [-0.2, 0) is 0 Å². The predicted octanol–water partition coefficient (Wildman–Crippen LogP) is 10.7. The summed E-state index contributed by atoms with van der Waals surface area (Å²) >= 11 is 0. The predicted molar refractivity (Wildman–Crippen MR) is 178 cm³/mol. The van der Waals surface area contributed by atoms with Gasteiger partial charge in [0.1, 0.15) is 0 Å². The van der Waals surface area contributed by atoms with E-state index in [1.807, 2.05) is 0 Å². The van der Waals surface area contributed by atoms with Crippen molar-refractivity contribution in [3.05, 3.63) is 158 Å². The molecule has 0 spiro atoms. The van der Waals surface area contributed by atoms with Gasteiger partial charge in [0, 0.05) is 32.9 Å². The Balaban J connectivity index is 1.18. The van der Waals surface area contributed by atoms with Crippen LogP contribution in [0.1, 0.15) is 0 Å². The summed E-state index contributed by atoms with van der Waals surface area (Å²) in [6.07, 6.45) is 0. The summed E-state index contributed by atoms with van der Waals surface area (Å²) in [6.45, 7) is 0. The number of benzene rings is 7. The lowest BCUT2D eigenvalue weighted by molar-refractivity contribution is 1.18. The maximum absolute atomic E-state index is 2.40. The fourth-order valence-corrected chi connectivity index (χ4v) is 6.75. The van der Waals surface area contributed by atoms with Crippen molar-refractivity contribution in [3.8, 4) is 22.5 Å². The van der Waals surface area contributed by atoms with E-state index in [4.69, 9.17) is 0 Å². The topological polar surface area (TPSA) is 9.86 Å². The highest BCUT2D eigenvalue weighted by atomic mass is 15.0. The van der Waals surface area contributed by atoms with E-state index < -0.39 is 0 Å². The van der Waals surface area contributed by atoms with Crippen molar-refractivity contribution in [2.24, 2.45) is 0 Å². The van der Waals surface area contributed by atoms with Crippen LogP contribution < -0.4 is 0 Å². The van der Waals surface area contributed by atoms with Gasteiger partial charge >= 0.3 is 0 Å². The van der Waals surface area contributed by atoms with Crippen molar-refractivity contribution in [2.45, 2.75) is 0 Å². The molecule has 0 aliphatic rings. The minimum atomic E-state index is 1.17. The van der Waals surface area contributed by atoms with E-state index in [2.05, 4.69) is 167 Å². The summed E-state index contributed by atoms with van der Waals surface area (Å²) in [5, 5.41) is 7.61. The molecule has 0 saturated carbocycles. The van der Waals surface area contributed by atoms with Gasteiger partial charge in [-0.25, -0.2) is 0 Å². The van der Waals surface area contributed by atoms with Crippen LogP contribution in [0.25, 0.3) is 76.9 Å². The number of fused-ring (bicyclic) bond motifs is 7. The highest BCUT2D eigenvalue weighted by molar-refractivity contribution is 6.11. The van der Waals surface area contributed by atoms with Crippen LogP contribution in [0.4, 0.5) is 0 Å². The molecule has 0 bridgehead atoms. The standard InChI is InChI=1S/C40H26N2/c1-2-10-29-25-32(23-19-27(29)9-1)42-39-16-8-5-13-35(39)36-26-30(20-24-40(36)42)28-17-21-31(22-18-28)41-37-14-6-3-11-33(37)34-12-4-7-15-38(34)41/h1-26H. The summed E-state index contributed by atoms with van der Waals surface area (Å²) in [6, 6.07) is 57.3.